The third kappa shape index (κ3) is 1.83. The molecule has 3 aromatic rings. The predicted molar refractivity (Wildman–Crippen MR) is 73.5 cm³/mol. The summed E-state index contributed by atoms with van der Waals surface area (Å²) in [7, 11) is 0. The smallest absolute Gasteiger partial charge is 0.188 e. The zero-order valence-electron chi connectivity index (χ0n) is 9.39. The van der Waals surface area contributed by atoms with Gasteiger partial charge < -0.3 is 0 Å². The fourth-order valence-corrected chi connectivity index (χ4v) is 3.00. The van der Waals surface area contributed by atoms with Gasteiger partial charge in [0.25, 0.3) is 0 Å². The standard InChI is InChI=1S/C15H9FOS/c16-12-7-3-1-5-10(12)15-9-13(17)11-6-2-4-8-14(11)18-15/h1-9H. The Kier molecular flexibility index (Phi) is 2.68. The van der Waals surface area contributed by atoms with Crippen molar-refractivity contribution in [1.82, 2.24) is 0 Å². The van der Waals surface area contributed by atoms with Crippen molar-refractivity contribution in [3.05, 3.63) is 70.6 Å². The van der Waals surface area contributed by atoms with Crippen LogP contribution in [0.5, 0.6) is 0 Å². The average molecular weight is 256 g/mol. The van der Waals surface area contributed by atoms with Crippen LogP contribution in [-0.2, 0) is 0 Å². The molecule has 18 heavy (non-hydrogen) atoms. The van der Waals surface area contributed by atoms with Gasteiger partial charge in [0.15, 0.2) is 5.43 Å². The molecule has 0 bridgehead atoms. The van der Waals surface area contributed by atoms with Gasteiger partial charge in [0.05, 0.1) is 0 Å². The van der Waals surface area contributed by atoms with Gasteiger partial charge in [-0.15, -0.1) is 11.3 Å². The molecule has 0 N–H and O–H groups in total. The summed E-state index contributed by atoms with van der Waals surface area (Å²) in [4.78, 5) is 12.6. The van der Waals surface area contributed by atoms with Gasteiger partial charge in [-0.1, -0.05) is 30.3 Å². The second-order valence-electron chi connectivity index (χ2n) is 3.95. The molecule has 0 aliphatic carbocycles. The van der Waals surface area contributed by atoms with E-state index in [-0.39, 0.29) is 11.2 Å². The van der Waals surface area contributed by atoms with Gasteiger partial charge in [-0.05, 0) is 18.2 Å². The molecule has 0 saturated carbocycles. The number of benzene rings is 2. The van der Waals surface area contributed by atoms with E-state index in [0.717, 1.165) is 4.70 Å². The Bertz CT molecular complexity index is 777. The predicted octanol–water partition coefficient (Wildman–Crippen LogP) is 4.07. The molecule has 0 aliphatic rings. The summed E-state index contributed by atoms with van der Waals surface area (Å²) in [5.74, 6) is -0.302. The lowest BCUT2D eigenvalue weighted by molar-refractivity contribution is 0.631. The van der Waals surface area contributed by atoms with Crippen LogP contribution < -0.4 is 5.43 Å². The molecule has 1 nitrogen and oxygen atoms in total. The average Bonchev–Trinajstić information content (AvgIpc) is 2.39. The third-order valence-electron chi connectivity index (χ3n) is 2.77. The van der Waals surface area contributed by atoms with Crippen LogP contribution in [0.1, 0.15) is 0 Å². The number of hydrogen-bond acceptors (Lipinski definition) is 2. The van der Waals surface area contributed by atoms with Crippen LogP contribution in [-0.4, -0.2) is 0 Å². The monoisotopic (exact) mass is 256 g/mol. The molecule has 3 heteroatoms. The summed E-state index contributed by atoms with van der Waals surface area (Å²) in [5.41, 5.74) is 0.410. The van der Waals surface area contributed by atoms with Crippen molar-refractivity contribution in [2.45, 2.75) is 0 Å². The Morgan fingerprint density at radius 1 is 0.944 bits per heavy atom. The normalized spacial score (nSPS) is 10.7. The minimum absolute atomic E-state index is 0.0670. The molecule has 0 radical (unpaired) electrons. The lowest BCUT2D eigenvalue weighted by Crippen LogP contribution is -1.98. The fourth-order valence-electron chi connectivity index (χ4n) is 1.90. The van der Waals surface area contributed by atoms with Crippen molar-refractivity contribution in [3.8, 4) is 10.4 Å². The van der Waals surface area contributed by atoms with Crippen molar-refractivity contribution < 1.29 is 4.39 Å². The summed E-state index contributed by atoms with van der Waals surface area (Å²) in [6.07, 6.45) is 0. The Morgan fingerprint density at radius 3 is 2.50 bits per heavy atom. The first-order chi connectivity index (χ1) is 8.75. The van der Waals surface area contributed by atoms with E-state index in [2.05, 4.69) is 0 Å². The zero-order valence-corrected chi connectivity index (χ0v) is 10.2. The Morgan fingerprint density at radius 2 is 1.67 bits per heavy atom. The second kappa shape index (κ2) is 4.35. The molecular weight excluding hydrogens is 247 g/mol. The van der Waals surface area contributed by atoms with Crippen molar-refractivity contribution in [1.29, 1.82) is 0 Å². The lowest BCUT2D eigenvalue weighted by atomic mass is 10.1. The van der Waals surface area contributed by atoms with E-state index < -0.39 is 0 Å². The zero-order chi connectivity index (χ0) is 12.5. The summed E-state index contributed by atoms with van der Waals surface area (Å²) in [6.45, 7) is 0. The van der Waals surface area contributed by atoms with Crippen molar-refractivity contribution in [3.63, 3.8) is 0 Å². The van der Waals surface area contributed by atoms with Gasteiger partial charge >= 0.3 is 0 Å². The molecule has 0 unspecified atom stereocenters. The largest absolute Gasteiger partial charge is 0.289 e. The van der Waals surface area contributed by atoms with Gasteiger partial charge in [-0.3, -0.25) is 4.79 Å². The maximum absolute atomic E-state index is 13.7. The Hall–Kier alpha value is -2.00. The Balaban J connectivity index is 2.32. The van der Waals surface area contributed by atoms with Crippen LogP contribution in [0.15, 0.2) is 59.4 Å². The molecule has 0 aliphatic heterocycles. The number of fused-ring (bicyclic) bond motifs is 1. The molecule has 0 amide bonds. The summed E-state index contributed by atoms with van der Waals surface area (Å²) < 4.78 is 14.6. The fraction of sp³-hybridized carbons (Fsp3) is 0. The third-order valence-corrected chi connectivity index (χ3v) is 3.91. The van der Waals surface area contributed by atoms with Crippen LogP contribution in [0.25, 0.3) is 20.5 Å². The van der Waals surface area contributed by atoms with Gasteiger partial charge in [-0.2, -0.15) is 0 Å². The molecule has 0 fully saturated rings. The molecule has 88 valence electrons. The van der Waals surface area contributed by atoms with Crippen LogP contribution >= 0.6 is 11.3 Å². The van der Waals surface area contributed by atoms with Crippen molar-refractivity contribution in [2.24, 2.45) is 0 Å². The molecule has 0 saturated heterocycles. The number of rotatable bonds is 1. The van der Waals surface area contributed by atoms with Gasteiger partial charge in [0.1, 0.15) is 5.82 Å². The summed E-state index contributed by atoms with van der Waals surface area (Å²) in [6, 6.07) is 15.4. The SMILES string of the molecule is O=c1cc(-c2ccccc2F)sc2ccccc12. The molecule has 2 aromatic carbocycles. The Labute approximate surface area is 107 Å². The quantitative estimate of drug-likeness (QED) is 0.641. The van der Waals surface area contributed by atoms with Gasteiger partial charge in [0, 0.05) is 26.6 Å². The van der Waals surface area contributed by atoms with Crippen LogP contribution in [0.2, 0.25) is 0 Å². The minimum atomic E-state index is -0.302. The van der Waals surface area contributed by atoms with E-state index in [1.807, 2.05) is 18.2 Å². The summed E-state index contributed by atoms with van der Waals surface area (Å²) >= 11 is 1.43. The second-order valence-corrected chi connectivity index (χ2v) is 5.03. The van der Waals surface area contributed by atoms with E-state index in [0.29, 0.717) is 15.8 Å². The first-order valence-electron chi connectivity index (χ1n) is 5.53. The van der Waals surface area contributed by atoms with Crippen LogP contribution in [0.4, 0.5) is 4.39 Å². The number of halogens is 1. The van der Waals surface area contributed by atoms with Gasteiger partial charge in [-0.25, -0.2) is 4.39 Å². The molecular formula is C15H9FOS. The van der Waals surface area contributed by atoms with E-state index in [9.17, 15) is 9.18 Å². The summed E-state index contributed by atoms with van der Waals surface area (Å²) in [5, 5.41) is 0.683. The highest BCUT2D eigenvalue weighted by Gasteiger charge is 2.08. The van der Waals surface area contributed by atoms with E-state index >= 15 is 0 Å². The van der Waals surface area contributed by atoms with Crippen molar-refractivity contribution >= 4 is 21.4 Å². The molecule has 0 spiro atoms. The minimum Gasteiger partial charge on any atom is -0.289 e. The molecule has 1 aromatic heterocycles. The topological polar surface area (TPSA) is 17.1 Å². The van der Waals surface area contributed by atoms with Gasteiger partial charge in [0.2, 0.25) is 0 Å². The molecule has 3 rings (SSSR count). The number of hydrogen-bond donors (Lipinski definition) is 0. The van der Waals surface area contributed by atoms with E-state index in [1.54, 1.807) is 24.3 Å². The highest BCUT2D eigenvalue weighted by molar-refractivity contribution is 7.21. The first kappa shape index (κ1) is 11.1. The van der Waals surface area contributed by atoms with Crippen LogP contribution in [0, 0.1) is 5.82 Å². The highest BCUT2D eigenvalue weighted by atomic mass is 32.1. The highest BCUT2D eigenvalue weighted by Crippen LogP contribution is 2.29. The first-order valence-corrected chi connectivity index (χ1v) is 6.35. The molecule has 1 heterocycles. The van der Waals surface area contributed by atoms with Crippen molar-refractivity contribution in [2.75, 3.05) is 0 Å². The lowest BCUT2D eigenvalue weighted by Gasteiger charge is -2.03. The maximum atomic E-state index is 13.7. The van der Waals surface area contributed by atoms with Crippen LogP contribution in [0.3, 0.4) is 0 Å². The maximum Gasteiger partial charge on any atom is 0.188 e. The molecule has 0 atom stereocenters. The van der Waals surface area contributed by atoms with E-state index in [1.165, 1.54) is 23.5 Å². The van der Waals surface area contributed by atoms with E-state index in [4.69, 9.17) is 0 Å².